The highest BCUT2D eigenvalue weighted by Gasteiger charge is 2.47. The normalized spacial score (nSPS) is 18.6. The van der Waals surface area contributed by atoms with Gasteiger partial charge in [-0.2, -0.15) is 0 Å². The minimum Gasteiger partial charge on any atom is -0.480 e. The van der Waals surface area contributed by atoms with Crippen LogP contribution in [0.4, 0.5) is 4.79 Å². The lowest BCUT2D eigenvalue weighted by atomic mass is 9.91. The molecule has 0 unspecified atom stereocenters. The largest absolute Gasteiger partial charge is 0.480 e. The molecule has 3 rings (SSSR count). The number of nitrogens with zero attached hydrogens (tertiary/aromatic N) is 3. The maximum absolute atomic E-state index is 12.5. The molecule has 1 N–H and O–H groups in total. The second kappa shape index (κ2) is 7.42. The quantitative estimate of drug-likeness (QED) is 0.798. The number of amides is 2. The molecule has 2 amide bonds. The van der Waals surface area contributed by atoms with Crippen molar-refractivity contribution in [2.24, 2.45) is 0 Å². The Kier molecular flexibility index (Phi) is 5.20. The minimum absolute atomic E-state index is 0.0493. The lowest BCUT2D eigenvalue weighted by Gasteiger charge is -2.37. The number of ether oxygens (including phenoxy) is 1. The van der Waals surface area contributed by atoms with E-state index in [4.69, 9.17) is 9.84 Å². The molecule has 1 aromatic rings. The van der Waals surface area contributed by atoms with Gasteiger partial charge >= 0.3 is 12.1 Å². The summed E-state index contributed by atoms with van der Waals surface area (Å²) in [5, 5.41) is 8.86. The van der Waals surface area contributed by atoms with Gasteiger partial charge in [0.25, 0.3) is 5.56 Å². The van der Waals surface area contributed by atoms with E-state index in [-0.39, 0.29) is 31.0 Å². The molecule has 9 nitrogen and oxygen atoms in total. The minimum atomic E-state index is -1.08. The highest BCUT2D eigenvalue weighted by atomic mass is 16.6. The molecule has 146 valence electrons. The van der Waals surface area contributed by atoms with E-state index in [2.05, 4.69) is 0 Å². The molecule has 2 saturated heterocycles. The Hall–Kier alpha value is -2.84. The van der Waals surface area contributed by atoms with Crippen LogP contribution in [0.5, 0.6) is 0 Å². The van der Waals surface area contributed by atoms with Gasteiger partial charge in [-0.25, -0.2) is 4.79 Å². The van der Waals surface area contributed by atoms with E-state index in [1.54, 1.807) is 15.5 Å². The molecule has 0 bridgehead atoms. The van der Waals surface area contributed by atoms with Crippen molar-refractivity contribution in [1.29, 1.82) is 0 Å². The summed E-state index contributed by atoms with van der Waals surface area (Å²) in [6.07, 6.45) is 0.564. The first-order chi connectivity index (χ1) is 12.8. The zero-order chi connectivity index (χ0) is 19.6. The van der Waals surface area contributed by atoms with E-state index >= 15 is 0 Å². The number of carbonyl (C=O) groups excluding carboxylic acids is 2. The summed E-state index contributed by atoms with van der Waals surface area (Å²) >= 11 is 0. The predicted octanol–water partition coefficient (Wildman–Crippen LogP) is 0.445. The Balaban J connectivity index is 1.53. The summed E-state index contributed by atoms with van der Waals surface area (Å²) in [4.78, 5) is 49.9. The number of aliphatic carboxylic acids is 1. The standard InChI is InChI=1S/C18H23N3O6/c1-13-3-2-4-15(23)21(13)8-5-14(22)19-9-6-18(7-10-19)12-20(11-16(24)25)17(26)27-18/h2-4H,5-12H2,1H3,(H,24,25). The van der Waals surface area contributed by atoms with Gasteiger partial charge in [-0.05, 0) is 13.0 Å². The van der Waals surface area contributed by atoms with Crippen molar-refractivity contribution in [2.45, 2.75) is 38.3 Å². The molecule has 0 aromatic carbocycles. The maximum Gasteiger partial charge on any atom is 0.411 e. The lowest BCUT2D eigenvalue weighted by Crippen LogP contribution is -2.49. The van der Waals surface area contributed by atoms with Crippen LogP contribution in [0.3, 0.4) is 0 Å². The summed E-state index contributed by atoms with van der Waals surface area (Å²) in [6.45, 7) is 2.89. The third kappa shape index (κ3) is 4.12. The van der Waals surface area contributed by atoms with Crippen molar-refractivity contribution in [3.63, 3.8) is 0 Å². The van der Waals surface area contributed by atoms with Gasteiger partial charge in [-0.1, -0.05) is 6.07 Å². The molecule has 1 spiro atoms. The highest BCUT2D eigenvalue weighted by Crippen LogP contribution is 2.33. The highest BCUT2D eigenvalue weighted by molar-refractivity contribution is 5.79. The SMILES string of the molecule is Cc1cccc(=O)n1CCC(=O)N1CCC2(CC1)CN(CC(=O)O)C(=O)O2. The average Bonchev–Trinajstić information content (AvgIpc) is 2.89. The summed E-state index contributed by atoms with van der Waals surface area (Å²) in [5.41, 5.74) is -0.0305. The van der Waals surface area contributed by atoms with Crippen LogP contribution >= 0.6 is 0 Å². The number of hydrogen-bond acceptors (Lipinski definition) is 5. The Morgan fingerprint density at radius 1 is 1.22 bits per heavy atom. The zero-order valence-electron chi connectivity index (χ0n) is 15.2. The van der Waals surface area contributed by atoms with Gasteiger partial charge in [0.1, 0.15) is 12.1 Å². The molecule has 3 heterocycles. The summed E-state index contributed by atoms with van der Waals surface area (Å²) < 4.78 is 7.01. The number of piperidine rings is 1. The fraction of sp³-hybridized carbons (Fsp3) is 0.556. The van der Waals surface area contributed by atoms with Crippen LogP contribution in [-0.4, -0.2) is 69.2 Å². The number of carbonyl (C=O) groups is 3. The third-order valence-corrected chi connectivity index (χ3v) is 5.21. The van der Waals surface area contributed by atoms with E-state index in [9.17, 15) is 19.2 Å². The van der Waals surface area contributed by atoms with Gasteiger partial charge in [-0.3, -0.25) is 19.3 Å². The van der Waals surface area contributed by atoms with Crippen LogP contribution in [-0.2, 0) is 20.9 Å². The predicted molar refractivity (Wildman–Crippen MR) is 94.3 cm³/mol. The number of likely N-dealkylation sites (tertiary alicyclic amines) is 1. The fourth-order valence-corrected chi connectivity index (χ4v) is 3.68. The van der Waals surface area contributed by atoms with Gasteiger partial charge in [0, 0.05) is 50.7 Å². The van der Waals surface area contributed by atoms with Crippen molar-refractivity contribution in [3.05, 3.63) is 34.2 Å². The summed E-state index contributed by atoms with van der Waals surface area (Å²) in [6, 6.07) is 4.99. The molecule has 2 aliphatic rings. The zero-order valence-corrected chi connectivity index (χ0v) is 15.2. The van der Waals surface area contributed by atoms with E-state index in [0.29, 0.717) is 32.5 Å². The second-order valence-electron chi connectivity index (χ2n) is 7.09. The van der Waals surface area contributed by atoms with E-state index < -0.39 is 17.7 Å². The Morgan fingerprint density at radius 3 is 2.56 bits per heavy atom. The van der Waals surface area contributed by atoms with Gasteiger partial charge in [0.2, 0.25) is 5.91 Å². The number of carboxylic acid groups (broad SMARTS) is 1. The maximum atomic E-state index is 12.5. The molecule has 0 atom stereocenters. The average molecular weight is 377 g/mol. The monoisotopic (exact) mass is 377 g/mol. The summed E-state index contributed by atoms with van der Waals surface area (Å²) in [5.74, 6) is -1.13. The van der Waals surface area contributed by atoms with Crippen LogP contribution in [0.2, 0.25) is 0 Å². The number of aryl methyl sites for hydroxylation is 1. The van der Waals surface area contributed by atoms with Gasteiger partial charge in [0.15, 0.2) is 0 Å². The van der Waals surface area contributed by atoms with Gasteiger partial charge < -0.3 is 19.3 Å². The Morgan fingerprint density at radius 2 is 1.93 bits per heavy atom. The van der Waals surface area contributed by atoms with E-state index in [0.717, 1.165) is 5.69 Å². The fourth-order valence-electron chi connectivity index (χ4n) is 3.68. The van der Waals surface area contributed by atoms with Crippen LogP contribution in [0, 0.1) is 6.92 Å². The van der Waals surface area contributed by atoms with Crippen LogP contribution in [0.15, 0.2) is 23.0 Å². The molecular weight excluding hydrogens is 354 g/mol. The first kappa shape index (κ1) is 18.9. The van der Waals surface area contributed by atoms with Gasteiger partial charge in [-0.15, -0.1) is 0 Å². The second-order valence-corrected chi connectivity index (χ2v) is 7.09. The molecule has 1 aromatic heterocycles. The first-order valence-electron chi connectivity index (χ1n) is 8.94. The first-order valence-corrected chi connectivity index (χ1v) is 8.94. The van der Waals surface area contributed by atoms with Crippen molar-refractivity contribution >= 4 is 18.0 Å². The number of rotatable bonds is 5. The third-order valence-electron chi connectivity index (χ3n) is 5.21. The number of hydrogen-bond donors (Lipinski definition) is 1. The molecule has 9 heteroatoms. The molecule has 0 aliphatic carbocycles. The van der Waals surface area contributed by atoms with Crippen molar-refractivity contribution in [3.8, 4) is 0 Å². The lowest BCUT2D eigenvalue weighted by molar-refractivity contribution is -0.137. The Labute approximate surface area is 156 Å². The molecular formula is C18H23N3O6. The number of pyridine rings is 1. The van der Waals surface area contributed by atoms with Crippen molar-refractivity contribution in [1.82, 2.24) is 14.4 Å². The molecule has 2 aliphatic heterocycles. The molecule has 0 radical (unpaired) electrons. The topological polar surface area (TPSA) is 109 Å². The number of carboxylic acids is 1. The molecule has 27 heavy (non-hydrogen) atoms. The van der Waals surface area contributed by atoms with Crippen LogP contribution in [0.25, 0.3) is 0 Å². The van der Waals surface area contributed by atoms with Gasteiger partial charge in [0.05, 0.1) is 6.54 Å². The van der Waals surface area contributed by atoms with Crippen molar-refractivity contribution in [2.75, 3.05) is 26.2 Å². The Bertz CT molecular complexity index is 810. The number of aromatic nitrogens is 1. The summed E-state index contributed by atoms with van der Waals surface area (Å²) in [7, 11) is 0. The molecule has 2 fully saturated rings. The molecule has 0 saturated carbocycles. The van der Waals surface area contributed by atoms with Crippen LogP contribution < -0.4 is 5.56 Å². The van der Waals surface area contributed by atoms with E-state index in [1.165, 1.54) is 11.0 Å². The van der Waals surface area contributed by atoms with E-state index in [1.807, 2.05) is 13.0 Å². The van der Waals surface area contributed by atoms with Crippen molar-refractivity contribution < 1.29 is 24.2 Å². The van der Waals surface area contributed by atoms with Crippen LogP contribution in [0.1, 0.15) is 25.0 Å². The smallest absolute Gasteiger partial charge is 0.411 e.